The van der Waals surface area contributed by atoms with Crippen LogP contribution in [0.1, 0.15) is 139 Å². The fraction of sp³-hybridized carbons (Fsp3) is 0.659. The zero-order valence-corrected chi connectivity index (χ0v) is 32.0. The van der Waals surface area contributed by atoms with Crippen LogP contribution in [0.5, 0.6) is 0 Å². The molecule has 12 heteroatoms. The van der Waals surface area contributed by atoms with E-state index in [4.69, 9.17) is 10.8 Å². The zero-order chi connectivity index (χ0) is 39.0. The summed E-state index contributed by atoms with van der Waals surface area (Å²) in [7, 11) is 0. The molecule has 3 atom stereocenters. The molecule has 0 saturated carbocycles. The zero-order valence-electron chi connectivity index (χ0n) is 32.0. The lowest BCUT2D eigenvalue weighted by molar-refractivity contribution is -0.142. The molecule has 1 aromatic rings. The summed E-state index contributed by atoms with van der Waals surface area (Å²) < 4.78 is 0. The summed E-state index contributed by atoms with van der Waals surface area (Å²) in [6, 6.07) is 4.23. The van der Waals surface area contributed by atoms with Crippen molar-refractivity contribution in [1.29, 1.82) is 0 Å². The van der Waals surface area contributed by atoms with E-state index in [2.05, 4.69) is 35.0 Å². The summed E-state index contributed by atoms with van der Waals surface area (Å²) in [6.45, 7) is 6.01. The van der Waals surface area contributed by atoms with Crippen molar-refractivity contribution >= 4 is 40.9 Å². The predicted octanol–water partition coefficient (Wildman–Crippen LogP) is 5.42. The highest BCUT2D eigenvalue weighted by Crippen LogP contribution is 2.34. The van der Waals surface area contributed by atoms with E-state index in [0.29, 0.717) is 38.9 Å². The normalized spacial score (nSPS) is 13.8. The van der Waals surface area contributed by atoms with Crippen LogP contribution < -0.4 is 21.7 Å². The van der Waals surface area contributed by atoms with Gasteiger partial charge in [-0.15, -0.1) is 0 Å². The van der Waals surface area contributed by atoms with E-state index in [9.17, 15) is 33.9 Å². The van der Waals surface area contributed by atoms with Gasteiger partial charge in [-0.1, -0.05) is 75.3 Å². The molecule has 2 amide bonds. The number of aliphatic carboxylic acids is 2. The Hall–Kier alpha value is -3.90. The fourth-order valence-corrected chi connectivity index (χ4v) is 6.62. The van der Waals surface area contributed by atoms with Crippen LogP contribution in [0.2, 0.25) is 0 Å². The number of amides is 2. The average Bonchev–Trinajstić information content (AvgIpc) is 3.50. The first-order valence-electron chi connectivity index (χ1n) is 19.7. The van der Waals surface area contributed by atoms with Crippen molar-refractivity contribution in [2.45, 2.75) is 148 Å². The van der Waals surface area contributed by atoms with Gasteiger partial charge in [-0.25, -0.2) is 4.79 Å². The van der Waals surface area contributed by atoms with Crippen LogP contribution in [0.15, 0.2) is 24.3 Å². The molecule has 0 fully saturated rings. The van der Waals surface area contributed by atoms with E-state index < -0.39 is 35.8 Å². The molecule has 0 spiro atoms. The summed E-state index contributed by atoms with van der Waals surface area (Å²) in [6.07, 6.45) is 13.2. The highest BCUT2D eigenvalue weighted by Gasteiger charge is 2.28. The highest BCUT2D eigenvalue weighted by atomic mass is 16.4. The Kier molecular flexibility index (Phi) is 22.2. The number of Topliss-reactive ketones (excluding diaryl/α,β-unsaturated/α-hetero) is 2. The van der Waals surface area contributed by atoms with E-state index in [1.165, 1.54) is 37.7 Å². The Balaban J connectivity index is 1.83. The molecular weight excluding hydrogens is 676 g/mol. The van der Waals surface area contributed by atoms with E-state index >= 15 is 0 Å². The number of carboxylic acids is 2. The molecule has 0 radical (unpaired) electrons. The lowest BCUT2D eigenvalue weighted by atomic mass is 9.85. The van der Waals surface area contributed by atoms with E-state index in [-0.39, 0.29) is 62.4 Å². The minimum atomic E-state index is -1.23. The first kappa shape index (κ1) is 45.3. The lowest BCUT2D eigenvalue weighted by Crippen LogP contribution is -2.40. The number of unbranched alkanes of at least 4 members (excludes halogenated alkanes) is 6. The van der Waals surface area contributed by atoms with Gasteiger partial charge in [-0.2, -0.15) is 0 Å². The predicted molar refractivity (Wildman–Crippen MR) is 206 cm³/mol. The van der Waals surface area contributed by atoms with Gasteiger partial charge < -0.3 is 31.9 Å². The third-order valence-corrected chi connectivity index (χ3v) is 9.79. The number of fused-ring (bicyclic) bond motifs is 1. The minimum absolute atomic E-state index is 0.0191. The maximum Gasteiger partial charge on any atom is 0.326 e. The van der Waals surface area contributed by atoms with Crippen molar-refractivity contribution in [3.63, 3.8) is 0 Å². The monoisotopic (exact) mass is 740 g/mol. The topological polar surface area (TPSA) is 205 Å². The Bertz CT molecular complexity index is 1380. The first-order chi connectivity index (χ1) is 25.4. The molecule has 0 saturated heterocycles. The van der Waals surface area contributed by atoms with Gasteiger partial charge in [0.15, 0.2) is 0 Å². The third-order valence-electron chi connectivity index (χ3n) is 9.79. The lowest BCUT2D eigenvalue weighted by Gasteiger charge is -2.20. The second-order valence-corrected chi connectivity index (χ2v) is 14.4. The number of aryl methyl sites for hydroxylation is 1. The van der Waals surface area contributed by atoms with Gasteiger partial charge in [0.25, 0.3) is 0 Å². The second-order valence-electron chi connectivity index (χ2n) is 14.4. The largest absolute Gasteiger partial charge is 0.481 e. The van der Waals surface area contributed by atoms with Gasteiger partial charge in [-0.3, -0.25) is 24.0 Å². The Morgan fingerprint density at radius 3 is 2.21 bits per heavy atom. The Morgan fingerprint density at radius 1 is 0.774 bits per heavy atom. The Morgan fingerprint density at radius 2 is 1.49 bits per heavy atom. The van der Waals surface area contributed by atoms with Crippen LogP contribution in [0.3, 0.4) is 0 Å². The maximum atomic E-state index is 13.6. The molecule has 0 bridgehead atoms. The summed E-state index contributed by atoms with van der Waals surface area (Å²) in [5.74, 6) is -3.73. The number of hydrogen-bond acceptors (Lipinski definition) is 8. The molecule has 0 unspecified atom stereocenters. The molecule has 296 valence electrons. The number of nitrogens with two attached hydrogens (primary N) is 1. The van der Waals surface area contributed by atoms with Gasteiger partial charge in [-0.05, 0) is 88.1 Å². The van der Waals surface area contributed by atoms with Crippen LogP contribution in [0.25, 0.3) is 5.57 Å². The molecule has 0 heterocycles. The number of carboxylic acid groups (broad SMARTS) is 2. The molecule has 1 aliphatic carbocycles. The molecule has 12 nitrogen and oxygen atoms in total. The maximum absolute atomic E-state index is 13.6. The van der Waals surface area contributed by atoms with Crippen molar-refractivity contribution < 1.29 is 39.0 Å². The van der Waals surface area contributed by atoms with Crippen LogP contribution in [-0.2, 0) is 35.2 Å². The molecule has 7 N–H and O–H groups in total. The Labute approximate surface area is 315 Å². The van der Waals surface area contributed by atoms with E-state index in [1.807, 2.05) is 19.1 Å². The number of allylic oxidation sites excluding steroid dienone is 2. The number of carbonyl (C=O) groups excluding carboxylic acids is 4. The first-order valence-corrected chi connectivity index (χ1v) is 19.7. The van der Waals surface area contributed by atoms with Crippen molar-refractivity contribution in [2.24, 2.45) is 11.7 Å². The molecular formula is C41H64N4O8. The van der Waals surface area contributed by atoms with Crippen LogP contribution >= 0.6 is 0 Å². The van der Waals surface area contributed by atoms with Gasteiger partial charge >= 0.3 is 11.9 Å². The fourth-order valence-electron chi connectivity index (χ4n) is 6.62. The molecule has 2 rings (SSSR count). The third kappa shape index (κ3) is 19.1. The van der Waals surface area contributed by atoms with E-state index in [1.54, 1.807) is 0 Å². The second kappa shape index (κ2) is 26.0. The molecule has 1 aliphatic rings. The number of hydrogen-bond donors (Lipinski definition) is 6. The summed E-state index contributed by atoms with van der Waals surface area (Å²) in [5, 5.41) is 27.1. The van der Waals surface area contributed by atoms with Crippen molar-refractivity contribution in [3.05, 3.63) is 41.0 Å². The average molecular weight is 741 g/mol. The van der Waals surface area contributed by atoms with Gasteiger partial charge in [0, 0.05) is 44.6 Å². The summed E-state index contributed by atoms with van der Waals surface area (Å²) in [5.41, 5.74) is 10.7. The number of carbonyl (C=O) groups is 6. The van der Waals surface area contributed by atoms with Crippen molar-refractivity contribution in [1.82, 2.24) is 16.0 Å². The van der Waals surface area contributed by atoms with Crippen LogP contribution in [-0.4, -0.2) is 77.3 Å². The molecule has 0 aliphatic heterocycles. The molecule has 1 aromatic carbocycles. The minimum Gasteiger partial charge on any atom is -0.481 e. The van der Waals surface area contributed by atoms with Crippen LogP contribution in [0.4, 0.5) is 0 Å². The summed E-state index contributed by atoms with van der Waals surface area (Å²) in [4.78, 5) is 73.7. The van der Waals surface area contributed by atoms with Crippen molar-refractivity contribution in [3.8, 4) is 0 Å². The van der Waals surface area contributed by atoms with E-state index in [0.717, 1.165) is 42.4 Å². The number of benzene rings is 1. The highest BCUT2D eigenvalue weighted by molar-refractivity contribution is 5.92. The van der Waals surface area contributed by atoms with Crippen molar-refractivity contribution in [2.75, 3.05) is 19.6 Å². The smallest absolute Gasteiger partial charge is 0.326 e. The van der Waals surface area contributed by atoms with Gasteiger partial charge in [0.1, 0.15) is 17.6 Å². The number of ketones is 2. The van der Waals surface area contributed by atoms with Crippen LogP contribution in [0, 0.1) is 12.8 Å². The molecule has 0 aromatic heterocycles. The molecule has 53 heavy (non-hydrogen) atoms. The summed E-state index contributed by atoms with van der Waals surface area (Å²) >= 11 is 0. The number of rotatable bonds is 31. The number of nitrogens with one attached hydrogen (secondary N) is 3. The SMILES string of the molecule is CCCCCCCCCC(=O)NCCCNCC[C@H](N)C(=O)C[C@H](CC1=CCc2cc(C)ccc21)C(=O)CCC[C@H](NC(=O)CCCC(=O)O)C(=O)O. The standard InChI is InChI=1S/C41H64N4O8/c1-3-4-5-6-7-8-9-15-38(48)44-24-12-23-43-25-22-34(42)37(47)28-32(27-31-20-19-30-26-29(2)18-21-33(30)31)36(46)14-10-13-35(41(52)53)45-39(49)16-11-17-40(50)51/h18,20-21,26,32,34-35,43H,3-17,19,22-25,27-28,42H2,1-2H3,(H,44,48)(H,45,49)(H,50,51)(H,52,53)/t32-,34-,35-/m0/s1. The van der Waals surface area contributed by atoms with Gasteiger partial charge in [0.2, 0.25) is 11.8 Å². The quantitative estimate of drug-likeness (QED) is 0.0534. The van der Waals surface area contributed by atoms with Gasteiger partial charge in [0.05, 0.1) is 6.04 Å².